The maximum absolute atomic E-state index is 11.9. The molecule has 2 nitrogen and oxygen atoms in total. The third-order valence-corrected chi connectivity index (χ3v) is 5.57. The average Bonchev–Trinajstić information content (AvgIpc) is 2.72. The summed E-state index contributed by atoms with van der Waals surface area (Å²) in [5.74, 6) is 2.61. The topological polar surface area (TPSA) is 20.3 Å². The van der Waals surface area contributed by atoms with Gasteiger partial charge in [0.1, 0.15) is 0 Å². The second-order valence-corrected chi connectivity index (χ2v) is 7.72. The molecule has 1 saturated heterocycles. The second-order valence-electron chi connectivity index (χ2n) is 7.72. The zero-order valence-corrected chi connectivity index (χ0v) is 12.9. The zero-order valence-electron chi connectivity index (χ0n) is 12.9. The van der Waals surface area contributed by atoms with E-state index in [1.807, 2.05) is 11.9 Å². The summed E-state index contributed by atoms with van der Waals surface area (Å²) in [4.78, 5) is 13.9. The molecule has 18 heavy (non-hydrogen) atoms. The lowest BCUT2D eigenvalue weighted by atomic mass is 9.80. The third kappa shape index (κ3) is 1.98. The molecule has 0 bridgehead atoms. The number of likely N-dealkylation sites (tertiary alicyclic amines) is 1. The van der Waals surface area contributed by atoms with Crippen LogP contribution in [-0.2, 0) is 4.79 Å². The van der Waals surface area contributed by atoms with Gasteiger partial charge in [0.2, 0.25) is 5.91 Å². The molecule has 0 aromatic carbocycles. The lowest BCUT2D eigenvalue weighted by Gasteiger charge is -2.25. The number of rotatable bonds is 4. The molecule has 2 aliphatic rings. The van der Waals surface area contributed by atoms with E-state index >= 15 is 0 Å². The minimum atomic E-state index is 0.315. The summed E-state index contributed by atoms with van der Waals surface area (Å²) in [5, 5.41) is 0. The van der Waals surface area contributed by atoms with Gasteiger partial charge in [-0.2, -0.15) is 0 Å². The van der Waals surface area contributed by atoms with Gasteiger partial charge in [-0.1, -0.05) is 41.0 Å². The monoisotopic (exact) mass is 251 g/mol. The number of carbonyl (C=O) groups excluding carboxylic acids is 1. The maximum atomic E-state index is 11.9. The molecule has 2 fully saturated rings. The van der Waals surface area contributed by atoms with E-state index in [0.717, 1.165) is 30.7 Å². The van der Waals surface area contributed by atoms with Crippen molar-refractivity contribution < 1.29 is 4.79 Å². The van der Waals surface area contributed by atoms with Crippen LogP contribution in [0.15, 0.2) is 0 Å². The van der Waals surface area contributed by atoms with Crippen LogP contribution in [0.1, 0.15) is 53.9 Å². The van der Waals surface area contributed by atoms with Crippen molar-refractivity contribution in [1.82, 2.24) is 4.90 Å². The second kappa shape index (κ2) is 4.25. The largest absolute Gasteiger partial charge is 0.345 e. The van der Waals surface area contributed by atoms with Crippen molar-refractivity contribution in [3.05, 3.63) is 0 Å². The molecule has 1 amide bonds. The van der Waals surface area contributed by atoms with Gasteiger partial charge < -0.3 is 4.90 Å². The SMILES string of the molecule is CCC(C)(C)C1C(CC(C)C)C12CC(=O)N(C)C2. The molecule has 2 heteroatoms. The Morgan fingerprint density at radius 3 is 2.44 bits per heavy atom. The van der Waals surface area contributed by atoms with E-state index in [-0.39, 0.29) is 0 Å². The van der Waals surface area contributed by atoms with E-state index in [4.69, 9.17) is 0 Å². The standard InChI is InChI=1S/C16H29NO/c1-7-15(4,5)14-12(8-11(2)3)16(14)9-13(18)17(6)10-16/h11-12,14H,7-10H2,1-6H3. The number of amides is 1. The number of carbonyl (C=O) groups is 1. The first-order valence-electron chi connectivity index (χ1n) is 7.48. The molecule has 0 aromatic heterocycles. The van der Waals surface area contributed by atoms with Crippen molar-refractivity contribution >= 4 is 5.91 Å². The van der Waals surface area contributed by atoms with Gasteiger partial charge in [0.25, 0.3) is 0 Å². The minimum Gasteiger partial charge on any atom is -0.345 e. The Balaban J connectivity index is 2.21. The van der Waals surface area contributed by atoms with Crippen LogP contribution < -0.4 is 0 Å². The first kappa shape index (κ1) is 13.9. The quantitative estimate of drug-likeness (QED) is 0.748. The van der Waals surface area contributed by atoms with Gasteiger partial charge in [-0.05, 0) is 29.6 Å². The van der Waals surface area contributed by atoms with E-state index in [0.29, 0.717) is 16.7 Å². The molecule has 1 spiro atoms. The van der Waals surface area contributed by atoms with E-state index in [1.54, 1.807) is 0 Å². The van der Waals surface area contributed by atoms with Crippen molar-refractivity contribution in [2.75, 3.05) is 13.6 Å². The van der Waals surface area contributed by atoms with Crippen LogP contribution in [0.4, 0.5) is 0 Å². The van der Waals surface area contributed by atoms with Gasteiger partial charge in [-0.25, -0.2) is 0 Å². The predicted molar refractivity (Wildman–Crippen MR) is 75.2 cm³/mol. The van der Waals surface area contributed by atoms with Crippen LogP contribution in [-0.4, -0.2) is 24.4 Å². The molecule has 1 aliphatic carbocycles. The van der Waals surface area contributed by atoms with E-state index in [1.165, 1.54) is 12.8 Å². The molecule has 0 aromatic rings. The first-order valence-corrected chi connectivity index (χ1v) is 7.48. The van der Waals surface area contributed by atoms with Gasteiger partial charge >= 0.3 is 0 Å². The fourth-order valence-electron chi connectivity index (χ4n) is 4.46. The highest BCUT2D eigenvalue weighted by molar-refractivity contribution is 5.80. The Bertz CT molecular complexity index is 347. The van der Waals surface area contributed by atoms with Crippen LogP contribution in [0.25, 0.3) is 0 Å². The molecule has 3 atom stereocenters. The number of hydrogen-bond donors (Lipinski definition) is 0. The van der Waals surface area contributed by atoms with Crippen LogP contribution in [0.2, 0.25) is 0 Å². The molecule has 104 valence electrons. The summed E-state index contributed by atoms with van der Waals surface area (Å²) in [7, 11) is 1.97. The van der Waals surface area contributed by atoms with Gasteiger partial charge in [-0.3, -0.25) is 4.79 Å². The van der Waals surface area contributed by atoms with Crippen molar-refractivity contribution in [1.29, 1.82) is 0 Å². The summed E-state index contributed by atoms with van der Waals surface area (Å²) in [6.45, 7) is 12.7. The van der Waals surface area contributed by atoms with Gasteiger partial charge in [0.15, 0.2) is 0 Å². The van der Waals surface area contributed by atoms with Crippen molar-refractivity contribution in [2.24, 2.45) is 28.6 Å². The van der Waals surface area contributed by atoms with Crippen molar-refractivity contribution in [3.63, 3.8) is 0 Å². The fraction of sp³-hybridized carbons (Fsp3) is 0.938. The summed E-state index contributed by atoms with van der Waals surface area (Å²) in [6, 6.07) is 0. The maximum Gasteiger partial charge on any atom is 0.222 e. The summed E-state index contributed by atoms with van der Waals surface area (Å²) in [5.41, 5.74) is 0.695. The van der Waals surface area contributed by atoms with E-state index in [9.17, 15) is 4.79 Å². The molecular weight excluding hydrogens is 222 g/mol. The lowest BCUT2D eigenvalue weighted by Crippen LogP contribution is -2.22. The van der Waals surface area contributed by atoms with Crippen LogP contribution in [0.5, 0.6) is 0 Å². The zero-order chi connectivity index (χ0) is 13.7. The average molecular weight is 251 g/mol. The van der Waals surface area contributed by atoms with Crippen LogP contribution in [0, 0.1) is 28.6 Å². The van der Waals surface area contributed by atoms with Crippen LogP contribution in [0.3, 0.4) is 0 Å². The normalized spacial score (nSPS) is 35.9. The van der Waals surface area contributed by atoms with Gasteiger partial charge in [-0.15, -0.1) is 0 Å². The highest BCUT2D eigenvalue weighted by Crippen LogP contribution is 2.72. The number of nitrogens with zero attached hydrogens (tertiary/aromatic N) is 1. The smallest absolute Gasteiger partial charge is 0.222 e. The van der Waals surface area contributed by atoms with Crippen molar-refractivity contribution in [3.8, 4) is 0 Å². The Hall–Kier alpha value is -0.530. The highest BCUT2D eigenvalue weighted by atomic mass is 16.2. The molecule has 1 saturated carbocycles. The van der Waals surface area contributed by atoms with E-state index < -0.39 is 0 Å². The highest BCUT2D eigenvalue weighted by Gasteiger charge is 2.71. The van der Waals surface area contributed by atoms with Crippen molar-refractivity contribution in [2.45, 2.75) is 53.9 Å². The van der Waals surface area contributed by atoms with Gasteiger partial charge in [0.05, 0.1) is 0 Å². The number of hydrogen-bond acceptors (Lipinski definition) is 1. The molecule has 0 N–H and O–H groups in total. The molecule has 1 aliphatic heterocycles. The van der Waals surface area contributed by atoms with Crippen LogP contribution >= 0.6 is 0 Å². The first-order chi connectivity index (χ1) is 8.24. The predicted octanol–water partition coefficient (Wildman–Crippen LogP) is 3.56. The Kier molecular flexibility index (Phi) is 3.28. The summed E-state index contributed by atoms with van der Waals surface area (Å²) in [6.07, 6.45) is 3.30. The van der Waals surface area contributed by atoms with E-state index in [2.05, 4.69) is 34.6 Å². The Morgan fingerprint density at radius 1 is 1.44 bits per heavy atom. The minimum absolute atomic E-state index is 0.315. The molecule has 3 unspecified atom stereocenters. The molecule has 2 rings (SSSR count). The molecule has 1 heterocycles. The molecular formula is C16H29NO. The summed E-state index contributed by atoms with van der Waals surface area (Å²) < 4.78 is 0. The Labute approximate surface area is 112 Å². The Morgan fingerprint density at radius 2 is 2.06 bits per heavy atom. The third-order valence-electron chi connectivity index (χ3n) is 5.57. The lowest BCUT2D eigenvalue weighted by molar-refractivity contribution is -0.126. The summed E-state index contributed by atoms with van der Waals surface area (Å²) >= 11 is 0. The fourth-order valence-corrected chi connectivity index (χ4v) is 4.46. The molecule has 0 radical (unpaired) electrons. The van der Waals surface area contributed by atoms with Gasteiger partial charge in [0, 0.05) is 25.4 Å².